The molecule has 0 atom stereocenters. The summed E-state index contributed by atoms with van der Waals surface area (Å²) in [6.07, 6.45) is 0. The van der Waals surface area contributed by atoms with Gasteiger partial charge in [0.15, 0.2) is 0 Å². The minimum Gasteiger partial charge on any atom is -0.347 e. The lowest BCUT2D eigenvalue weighted by Gasteiger charge is -2.25. The molecule has 7 nitrogen and oxygen atoms in total. The lowest BCUT2D eigenvalue weighted by Crippen LogP contribution is -2.38. The van der Waals surface area contributed by atoms with Crippen molar-refractivity contribution in [3.63, 3.8) is 0 Å². The van der Waals surface area contributed by atoms with Crippen LogP contribution in [-0.4, -0.2) is 53.0 Å². The van der Waals surface area contributed by atoms with Gasteiger partial charge < -0.3 is 5.32 Å². The van der Waals surface area contributed by atoms with E-state index in [4.69, 9.17) is 0 Å². The van der Waals surface area contributed by atoms with Crippen LogP contribution in [0.1, 0.15) is 32.2 Å². The Morgan fingerprint density at radius 2 is 1.88 bits per heavy atom. The van der Waals surface area contributed by atoms with E-state index in [0.29, 0.717) is 26.2 Å². The van der Waals surface area contributed by atoms with E-state index in [1.54, 1.807) is 17.1 Å². The number of nitrogens with zero attached hydrogens (tertiary/aromatic N) is 3. The van der Waals surface area contributed by atoms with E-state index in [9.17, 15) is 13.2 Å². The van der Waals surface area contributed by atoms with Gasteiger partial charge in [-0.05, 0) is 42.5 Å². The summed E-state index contributed by atoms with van der Waals surface area (Å²) in [5, 5.41) is 9.05. The summed E-state index contributed by atoms with van der Waals surface area (Å²) in [7, 11) is -3.66. The van der Waals surface area contributed by atoms with E-state index >= 15 is 0 Å². The van der Waals surface area contributed by atoms with E-state index < -0.39 is 10.0 Å². The molecule has 2 aromatic heterocycles. The number of sulfonamides is 1. The zero-order valence-corrected chi connectivity index (χ0v) is 20.5. The van der Waals surface area contributed by atoms with Crippen LogP contribution in [-0.2, 0) is 23.1 Å². The van der Waals surface area contributed by atoms with Crippen LogP contribution in [0.3, 0.4) is 0 Å². The smallest absolute Gasteiger partial charge is 0.263 e. The minimum atomic E-state index is -3.66. The number of rotatable bonds is 7. The number of amides is 1. The fourth-order valence-corrected chi connectivity index (χ4v) is 7.59. The molecule has 0 aliphatic carbocycles. The molecule has 3 aromatic rings. The third-order valence-corrected chi connectivity index (χ3v) is 9.23. The number of carbonyl (C=O) groups is 1. The molecule has 1 fully saturated rings. The van der Waals surface area contributed by atoms with Gasteiger partial charge in [-0.1, -0.05) is 24.3 Å². The number of aryl methyl sites for hydroxylation is 2. The van der Waals surface area contributed by atoms with Crippen molar-refractivity contribution in [1.29, 1.82) is 0 Å². The zero-order chi connectivity index (χ0) is 22.7. The van der Waals surface area contributed by atoms with Crippen molar-refractivity contribution in [1.82, 2.24) is 19.4 Å². The second-order valence-corrected chi connectivity index (χ2v) is 11.8. The Labute approximate surface area is 196 Å². The first-order valence-corrected chi connectivity index (χ1v) is 13.8. The summed E-state index contributed by atoms with van der Waals surface area (Å²) < 4.78 is 29.5. The van der Waals surface area contributed by atoms with E-state index in [1.165, 1.54) is 10.4 Å². The van der Waals surface area contributed by atoms with Crippen molar-refractivity contribution >= 4 is 39.0 Å². The van der Waals surface area contributed by atoms with E-state index in [-0.39, 0.29) is 15.7 Å². The maximum Gasteiger partial charge on any atom is 0.263 e. The molecule has 0 radical (unpaired) electrons. The quantitative estimate of drug-likeness (QED) is 0.550. The molecule has 4 rings (SSSR count). The molecular weight excluding hydrogens is 464 g/mol. The number of thiophene rings is 1. The molecule has 0 unspecified atom stereocenters. The molecule has 0 saturated carbocycles. The van der Waals surface area contributed by atoms with Gasteiger partial charge in [0, 0.05) is 36.8 Å². The molecule has 10 heteroatoms. The van der Waals surface area contributed by atoms with Crippen LogP contribution in [0, 0.1) is 13.8 Å². The largest absolute Gasteiger partial charge is 0.347 e. The molecule has 1 N–H and O–H groups in total. The Balaban J connectivity index is 1.44. The van der Waals surface area contributed by atoms with Crippen molar-refractivity contribution in [3.05, 3.63) is 69.2 Å². The summed E-state index contributed by atoms with van der Waals surface area (Å²) in [5.41, 5.74) is 4.12. The summed E-state index contributed by atoms with van der Waals surface area (Å²) >= 11 is 2.90. The van der Waals surface area contributed by atoms with Crippen molar-refractivity contribution < 1.29 is 13.2 Å². The maximum absolute atomic E-state index is 13.0. The van der Waals surface area contributed by atoms with Gasteiger partial charge in [0.05, 0.1) is 12.2 Å². The fourth-order valence-electron chi connectivity index (χ4n) is 3.70. The molecule has 170 valence electrons. The lowest BCUT2D eigenvalue weighted by atomic mass is 10.1. The first-order valence-electron chi connectivity index (χ1n) is 10.4. The number of carbonyl (C=O) groups excluding carboxylic acids is 1. The van der Waals surface area contributed by atoms with Crippen LogP contribution in [0.15, 0.2) is 46.7 Å². The van der Waals surface area contributed by atoms with Crippen LogP contribution in [0.25, 0.3) is 0 Å². The Bertz CT molecular complexity index is 1210. The number of hydrogen-bond donors (Lipinski definition) is 1. The van der Waals surface area contributed by atoms with Crippen molar-refractivity contribution in [2.75, 3.05) is 24.6 Å². The maximum atomic E-state index is 13.0. The van der Waals surface area contributed by atoms with Crippen LogP contribution >= 0.6 is 23.1 Å². The van der Waals surface area contributed by atoms with Gasteiger partial charge in [-0.15, -0.1) is 11.3 Å². The van der Waals surface area contributed by atoms with Gasteiger partial charge in [0.2, 0.25) is 10.0 Å². The highest BCUT2D eigenvalue weighted by Gasteiger charge is 2.31. The van der Waals surface area contributed by atoms with Crippen LogP contribution in [0.2, 0.25) is 0 Å². The molecule has 0 bridgehead atoms. The molecule has 0 spiro atoms. The van der Waals surface area contributed by atoms with E-state index in [0.717, 1.165) is 45.4 Å². The van der Waals surface area contributed by atoms with Gasteiger partial charge >= 0.3 is 0 Å². The fraction of sp³-hybridized carbons (Fsp3) is 0.364. The van der Waals surface area contributed by atoms with Crippen molar-refractivity contribution in [3.8, 4) is 0 Å². The number of nitrogens with one attached hydrogen (secondary N) is 1. The second kappa shape index (κ2) is 9.78. The summed E-state index contributed by atoms with van der Waals surface area (Å²) in [6, 6.07) is 11.5. The molecule has 1 aliphatic rings. The molecule has 1 aromatic carbocycles. The number of thioether (sulfide) groups is 1. The average Bonchev–Trinajstić information content (AvgIpc) is 3.40. The third kappa shape index (κ3) is 5.09. The van der Waals surface area contributed by atoms with Gasteiger partial charge in [0.25, 0.3) is 5.91 Å². The molecule has 1 saturated heterocycles. The highest BCUT2D eigenvalue weighted by atomic mass is 32.2. The normalized spacial score (nSPS) is 15.1. The molecule has 1 amide bonds. The first-order chi connectivity index (χ1) is 15.3. The second-order valence-electron chi connectivity index (χ2n) is 7.72. The van der Waals surface area contributed by atoms with E-state index in [1.807, 2.05) is 48.9 Å². The minimum absolute atomic E-state index is 0.102. The highest BCUT2D eigenvalue weighted by Crippen LogP contribution is 2.27. The predicted octanol–water partition coefficient (Wildman–Crippen LogP) is 3.28. The Kier molecular flexibility index (Phi) is 7.04. The highest BCUT2D eigenvalue weighted by molar-refractivity contribution is 7.99. The third-order valence-electron chi connectivity index (χ3n) is 5.30. The number of hydrogen-bond acceptors (Lipinski definition) is 6. The monoisotopic (exact) mass is 490 g/mol. The Morgan fingerprint density at radius 3 is 2.59 bits per heavy atom. The summed E-state index contributed by atoms with van der Waals surface area (Å²) in [5.74, 6) is 1.19. The standard InChI is InChI=1S/C22H26N4O3S3/c1-16-12-17(2)26(24-16)15-19-5-3-4-18(13-19)14-23-22(27)21-20(6-9-31-21)32(28,29)25-7-10-30-11-8-25/h3-6,9,12-13H,7-8,10-11,14-15H2,1-2H3,(H,23,27). The van der Waals surface area contributed by atoms with Crippen molar-refractivity contribution in [2.24, 2.45) is 0 Å². The molecule has 32 heavy (non-hydrogen) atoms. The Morgan fingerprint density at radius 1 is 1.12 bits per heavy atom. The summed E-state index contributed by atoms with van der Waals surface area (Å²) in [4.78, 5) is 13.2. The van der Waals surface area contributed by atoms with Crippen LogP contribution in [0.5, 0.6) is 0 Å². The van der Waals surface area contributed by atoms with Gasteiger partial charge in [-0.3, -0.25) is 9.48 Å². The van der Waals surface area contributed by atoms with Gasteiger partial charge in [-0.25, -0.2) is 8.42 Å². The number of benzene rings is 1. The Hall–Kier alpha value is -2.14. The first kappa shape index (κ1) is 23.0. The molecular formula is C22H26N4O3S3. The molecule has 3 heterocycles. The number of aromatic nitrogens is 2. The van der Waals surface area contributed by atoms with Crippen LogP contribution < -0.4 is 5.32 Å². The van der Waals surface area contributed by atoms with Crippen LogP contribution in [0.4, 0.5) is 0 Å². The van der Waals surface area contributed by atoms with Gasteiger partial charge in [0.1, 0.15) is 9.77 Å². The predicted molar refractivity (Wildman–Crippen MR) is 129 cm³/mol. The average molecular weight is 491 g/mol. The molecule has 1 aliphatic heterocycles. The van der Waals surface area contributed by atoms with Crippen molar-refractivity contribution in [2.45, 2.75) is 31.8 Å². The van der Waals surface area contributed by atoms with Gasteiger partial charge in [-0.2, -0.15) is 21.2 Å². The zero-order valence-electron chi connectivity index (χ0n) is 18.1. The van der Waals surface area contributed by atoms with E-state index in [2.05, 4.69) is 10.4 Å². The SMILES string of the molecule is Cc1cc(C)n(Cc2cccc(CNC(=O)c3sccc3S(=O)(=O)N3CCSCC3)c2)n1. The lowest BCUT2D eigenvalue weighted by molar-refractivity contribution is 0.0952. The summed E-state index contributed by atoms with van der Waals surface area (Å²) in [6.45, 7) is 5.93. The topological polar surface area (TPSA) is 84.3 Å².